The molecule has 0 aliphatic rings. The van der Waals surface area contributed by atoms with Crippen molar-refractivity contribution in [3.05, 3.63) is 33.1 Å². The summed E-state index contributed by atoms with van der Waals surface area (Å²) < 4.78 is 30.9. The van der Waals surface area contributed by atoms with Crippen LogP contribution < -0.4 is 4.72 Å². The van der Waals surface area contributed by atoms with Crippen LogP contribution in [-0.2, 0) is 16.6 Å². The van der Waals surface area contributed by atoms with Crippen LogP contribution in [0.5, 0.6) is 0 Å². The highest BCUT2D eigenvalue weighted by atomic mass is 79.9. The fraction of sp³-hybridized carbons (Fsp3) is 0.111. The lowest BCUT2D eigenvalue weighted by Crippen LogP contribution is -2.23. The lowest BCUT2D eigenvalue weighted by molar-refractivity contribution is 0.0661. The fourth-order valence-electron chi connectivity index (χ4n) is 1.22. The molecule has 10 heteroatoms. The van der Waals surface area contributed by atoms with Crippen molar-refractivity contribution >= 4 is 43.3 Å². The van der Waals surface area contributed by atoms with E-state index in [2.05, 4.69) is 25.6 Å². The summed E-state index contributed by atoms with van der Waals surface area (Å²) in [6.45, 7) is 0.0278. The minimum absolute atomic E-state index is 0.0278. The summed E-state index contributed by atoms with van der Waals surface area (Å²) in [5, 5.41) is 11.1. The van der Waals surface area contributed by atoms with E-state index in [0.717, 1.165) is 6.07 Å². The summed E-state index contributed by atoms with van der Waals surface area (Å²) >= 11 is 4.18. The molecule has 2 aromatic heterocycles. The Morgan fingerprint density at radius 3 is 2.84 bits per heavy atom. The first-order valence-corrected chi connectivity index (χ1v) is 7.96. The van der Waals surface area contributed by atoms with Crippen LogP contribution in [0.1, 0.15) is 15.6 Å². The van der Waals surface area contributed by atoms with Crippen molar-refractivity contribution in [1.82, 2.24) is 9.71 Å². The van der Waals surface area contributed by atoms with E-state index in [1.165, 1.54) is 11.3 Å². The highest BCUT2D eigenvalue weighted by Crippen LogP contribution is 2.26. The average molecular weight is 367 g/mol. The van der Waals surface area contributed by atoms with Crippen molar-refractivity contribution in [3.8, 4) is 0 Å². The fourth-order valence-corrected chi connectivity index (χ4v) is 3.79. The van der Waals surface area contributed by atoms with Gasteiger partial charge in [-0.15, -0.1) is 11.3 Å². The van der Waals surface area contributed by atoms with Crippen LogP contribution in [0.25, 0.3) is 0 Å². The zero-order valence-electron chi connectivity index (χ0n) is 9.16. The molecule has 102 valence electrons. The molecule has 0 amide bonds. The molecule has 0 bridgehead atoms. The van der Waals surface area contributed by atoms with Gasteiger partial charge >= 0.3 is 5.97 Å². The SMILES string of the molecule is O=C(O)c1cc(S(=O)(=O)NCc2nccs2)c(Br)o1. The third kappa shape index (κ3) is 3.21. The first-order valence-electron chi connectivity index (χ1n) is 4.81. The molecule has 0 fully saturated rings. The molecule has 0 unspecified atom stereocenters. The van der Waals surface area contributed by atoms with Crippen molar-refractivity contribution in [2.24, 2.45) is 0 Å². The minimum Gasteiger partial charge on any atom is -0.475 e. The molecular weight excluding hydrogens is 360 g/mol. The van der Waals surface area contributed by atoms with E-state index in [-0.39, 0.29) is 16.1 Å². The third-order valence-electron chi connectivity index (χ3n) is 2.05. The Kier molecular flexibility index (Phi) is 4.04. The number of furan rings is 1. The van der Waals surface area contributed by atoms with E-state index >= 15 is 0 Å². The van der Waals surface area contributed by atoms with Gasteiger partial charge in [0.05, 0.1) is 6.54 Å². The second kappa shape index (κ2) is 5.41. The van der Waals surface area contributed by atoms with E-state index in [1.54, 1.807) is 11.6 Å². The van der Waals surface area contributed by atoms with Gasteiger partial charge in [-0.1, -0.05) is 0 Å². The van der Waals surface area contributed by atoms with E-state index < -0.39 is 21.8 Å². The van der Waals surface area contributed by atoms with Crippen LogP contribution in [0.4, 0.5) is 0 Å². The topological polar surface area (TPSA) is 110 Å². The zero-order chi connectivity index (χ0) is 14.0. The lowest BCUT2D eigenvalue weighted by atomic mass is 10.5. The molecular formula is C9H7BrN2O5S2. The molecule has 0 aromatic carbocycles. The number of carboxylic acids is 1. The second-order valence-corrected chi connectivity index (χ2v) is 6.74. The number of hydrogen-bond donors (Lipinski definition) is 2. The average Bonchev–Trinajstić information content (AvgIpc) is 2.95. The molecule has 0 saturated carbocycles. The predicted molar refractivity (Wildman–Crippen MR) is 69.5 cm³/mol. The molecule has 0 radical (unpaired) electrons. The summed E-state index contributed by atoms with van der Waals surface area (Å²) in [5.74, 6) is -1.80. The Morgan fingerprint density at radius 2 is 2.32 bits per heavy atom. The van der Waals surface area contributed by atoms with Gasteiger partial charge in [-0.05, 0) is 15.9 Å². The molecule has 0 aliphatic carbocycles. The number of aromatic carboxylic acids is 1. The van der Waals surface area contributed by atoms with Gasteiger partial charge in [-0.3, -0.25) is 0 Å². The Morgan fingerprint density at radius 1 is 1.58 bits per heavy atom. The lowest BCUT2D eigenvalue weighted by Gasteiger charge is -2.02. The number of sulfonamides is 1. The standard InChI is InChI=1S/C9H7BrN2O5S2/c10-8-6(3-5(17-8)9(13)14)19(15,16)12-4-7-11-1-2-18-7/h1-3,12H,4H2,(H,13,14). The van der Waals surface area contributed by atoms with Crippen LogP contribution in [0.3, 0.4) is 0 Å². The van der Waals surface area contributed by atoms with E-state index in [4.69, 9.17) is 9.52 Å². The second-order valence-electron chi connectivity index (χ2n) is 3.30. The molecule has 0 aliphatic heterocycles. The predicted octanol–water partition coefficient (Wildman–Crippen LogP) is 1.68. The molecule has 0 saturated heterocycles. The number of rotatable bonds is 5. The van der Waals surface area contributed by atoms with Crippen LogP contribution in [0.15, 0.2) is 31.6 Å². The van der Waals surface area contributed by atoms with Gasteiger partial charge in [0.25, 0.3) is 0 Å². The highest BCUT2D eigenvalue weighted by Gasteiger charge is 2.24. The van der Waals surface area contributed by atoms with Crippen LogP contribution in [-0.4, -0.2) is 24.5 Å². The first kappa shape index (κ1) is 14.2. The Balaban J connectivity index is 2.22. The van der Waals surface area contributed by atoms with E-state index in [9.17, 15) is 13.2 Å². The molecule has 19 heavy (non-hydrogen) atoms. The van der Waals surface area contributed by atoms with E-state index in [0.29, 0.717) is 5.01 Å². The molecule has 2 N–H and O–H groups in total. The Labute approximate surface area is 120 Å². The Hall–Kier alpha value is -1.23. The number of nitrogens with zero attached hydrogens (tertiary/aromatic N) is 1. The zero-order valence-corrected chi connectivity index (χ0v) is 12.4. The maximum absolute atomic E-state index is 12.0. The summed E-state index contributed by atoms with van der Waals surface area (Å²) in [5.41, 5.74) is 0. The van der Waals surface area contributed by atoms with Crippen molar-refractivity contribution in [3.63, 3.8) is 0 Å². The van der Waals surface area contributed by atoms with Gasteiger partial charge in [-0.2, -0.15) is 0 Å². The maximum atomic E-state index is 12.0. The number of carbonyl (C=O) groups is 1. The van der Waals surface area contributed by atoms with Gasteiger partial charge in [-0.25, -0.2) is 22.9 Å². The number of carboxylic acid groups (broad SMARTS) is 1. The highest BCUT2D eigenvalue weighted by molar-refractivity contribution is 9.10. The summed E-state index contributed by atoms with van der Waals surface area (Å²) in [4.78, 5) is 14.4. The normalized spacial score (nSPS) is 11.6. The number of halogens is 1. The maximum Gasteiger partial charge on any atom is 0.371 e. The molecule has 7 nitrogen and oxygen atoms in total. The minimum atomic E-state index is -3.87. The number of aromatic nitrogens is 1. The van der Waals surface area contributed by atoms with Gasteiger partial charge in [0.2, 0.25) is 15.8 Å². The smallest absolute Gasteiger partial charge is 0.371 e. The number of hydrogen-bond acceptors (Lipinski definition) is 6. The quantitative estimate of drug-likeness (QED) is 0.832. The van der Waals surface area contributed by atoms with Crippen molar-refractivity contribution in [1.29, 1.82) is 0 Å². The third-order valence-corrected chi connectivity index (χ3v) is 5.09. The summed E-state index contributed by atoms with van der Waals surface area (Å²) in [6, 6.07) is 0.941. The molecule has 2 rings (SSSR count). The summed E-state index contributed by atoms with van der Waals surface area (Å²) in [6.07, 6.45) is 1.56. The van der Waals surface area contributed by atoms with Gasteiger partial charge in [0, 0.05) is 17.6 Å². The van der Waals surface area contributed by atoms with Crippen LogP contribution in [0.2, 0.25) is 0 Å². The van der Waals surface area contributed by atoms with Gasteiger partial charge in [0.1, 0.15) is 9.90 Å². The van der Waals surface area contributed by atoms with Crippen molar-refractivity contribution < 1.29 is 22.7 Å². The van der Waals surface area contributed by atoms with E-state index in [1.807, 2.05) is 0 Å². The molecule has 0 spiro atoms. The summed E-state index contributed by atoms with van der Waals surface area (Å²) in [7, 11) is -3.87. The molecule has 2 heterocycles. The largest absolute Gasteiger partial charge is 0.475 e. The van der Waals surface area contributed by atoms with Crippen LogP contribution in [0, 0.1) is 0 Å². The monoisotopic (exact) mass is 366 g/mol. The number of thiazole rings is 1. The van der Waals surface area contributed by atoms with Gasteiger partial charge < -0.3 is 9.52 Å². The van der Waals surface area contributed by atoms with Crippen molar-refractivity contribution in [2.75, 3.05) is 0 Å². The van der Waals surface area contributed by atoms with Crippen LogP contribution >= 0.6 is 27.3 Å². The first-order chi connectivity index (χ1) is 8.90. The molecule has 2 aromatic rings. The molecule has 0 atom stereocenters. The van der Waals surface area contributed by atoms with Gasteiger partial charge in [0.15, 0.2) is 4.67 Å². The Bertz CT molecular complexity index is 692. The number of nitrogens with one attached hydrogen (secondary N) is 1. The van der Waals surface area contributed by atoms with Crippen molar-refractivity contribution in [2.45, 2.75) is 11.4 Å².